The van der Waals surface area contributed by atoms with Gasteiger partial charge in [-0.05, 0) is 79.9 Å². The maximum atomic E-state index is 3.51. The van der Waals surface area contributed by atoms with E-state index in [1.165, 1.54) is 54.1 Å². The van der Waals surface area contributed by atoms with Crippen LogP contribution in [0.4, 0.5) is 0 Å². The molecular formula is C13H21BrN2S. The first kappa shape index (κ1) is 13.5. The van der Waals surface area contributed by atoms with E-state index in [1.54, 1.807) is 0 Å². The van der Waals surface area contributed by atoms with Crippen molar-refractivity contribution in [2.24, 2.45) is 5.92 Å². The molecule has 1 saturated heterocycles. The van der Waals surface area contributed by atoms with Crippen LogP contribution in [0.15, 0.2) is 15.9 Å². The molecule has 1 unspecified atom stereocenters. The van der Waals surface area contributed by atoms with Crippen molar-refractivity contribution in [1.29, 1.82) is 0 Å². The van der Waals surface area contributed by atoms with E-state index in [-0.39, 0.29) is 0 Å². The Bertz CT molecular complexity index is 334. The minimum atomic E-state index is 0.910. The molecular weight excluding hydrogens is 296 g/mol. The zero-order valence-electron chi connectivity index (χ0n) is 10.4. The van der Waals surface area contributed by atoms with Gasteiger partial charge in [-0.1, -0.05) is 0 Å². The van der Waals surface area contributed by atoms with Crippen LogP contribution in [-0.4, -0.2) is 38.1 Å². The third kappa shape index (κ3) is 4.70. The van der Waals surface area contributed by atoms with Crippen LogP contribution >= 0.6 is 27.3 Å². The van der Waals surface area contributed by atoms with Gasteiger partial charge in [0, 0.05) is 11.4 Å². The Morgan fingerprint density at radius 2 is 2.35 bits per heavy atom. The second kappa shape index (κ2) is 6.88. The second-order valence-electron chi connectivity index (χ2n) is 4.91. The fraction of sp³-hybridized carbons (Fsp3) is 0.692. The molecule has 1 fully saturated rings. The van der Waals surface area contributed by atoms with Crippen molar-refractivity contribution in [2.45, 2.75) is 19.3 Å². The molecule has 2 rings (SSSR count). The number of hydrogen-bond acceptors (Lipinski definition) is 3. The van der Waals surface area contributed by atoms with Gasteiger partial charge in [0.25, 0.3) is 0 Å². The van der Waals surface area contributed by atoms with Crippen LogP contribution in [0.3, 0.4) is 0 Å². The lowest BCUT2D eigenvalue weighted by Crippen LogP contribution is -2.24. The van der Waals surface area contributed by atoms with E-state index in [2.05, 4.69) is 45.3 Å². The van der Waals surface area contributed by atoms with E-state index in [0.29, 0.717) is 0 Å². The first-order valence-corrected chi connectivity index (χ1v) is 7.98. The molecule has 2 heterocycles. The zero-order chi connectivity index (χ0) is 12.1. The highest BCUT2D eigenvalue weighted by molar-refractivity contribution is 9.11. The lowest BCUT2D eigenvalue weighted by molar-refractivity contribution is 0.309. The minimum Gasteiger partial charge on any atom is -0.316 e. The molecule has 0 aliphatic carbocycles. The summed E-state index contributed by atoms with van der Waals surface area (Å²) >= 11 is 5.37. The average molecular weight is 317 g/mol. The van der Waals surface area contributed by atoms with E-state index in [4.69, 9.17) is 0 Å². The molecule has 0 saturated carbocycles. The molecule has 1 aromatic heterocycles. The zero-order valence-corrected chi connectivity index (χ0v) is 12.8. The van der Waals surface area contributed by atoms with E-state index in [0.717, 1.165) is 5.92 Å². The van der Waals surface area contributed by atoms with Crippen LogP contribution in [0.1, 0.15) is 17.7 Å². The van der Waals surface area contributed by atoms with Crippen LogP contribution in [0, 0.1) is 5.92 Å². The summed E-state index contributed by atoms with van der Waals surface area (Å²) < 4.78 is 1.24. The van der Waals surface area contributed by atoms with Gasteiger partial charge in [-0.3, -0.25) is 0 Å². The monoisotopic (exact) mass is 316 g/mol. The maximum Gasteiger partial charge on any atom is 0.0701 e. The lowest BCUT2D eigenvalue weighted by Gasteiger charge is -2.18. The maximum absolute atomic E-state index is 3.51. The smallest absolute Gasteiger partial charge is 0.0701 e. The lowest BCUT2D eigenvalue weighted by atomic mass is 10.1. The molecule has 2 nitrogen and oxygen atoms in total. The Hall–Kier alpha value is 0.1000. The van der Waals surface area contributed by atoms with Gasteiger partial charge < -0.3 is 10.2 Å². The van der Waals surface area contributed by atoms with Gasteiger partial charge in [-0.2, -0.15) is 0 Å². The van der Waals surface area contributed by atoms with E-state index >= 15 is 0 Å². The van der Waals surface area contributed by atoms with Gasteiger partial charge in [0.15, 0.2) is 0 Å². The van der Waals surface area contributed by atoms with Crippen LogP contribution < -0.4 is 5.32 Å². The Balaban J connectivity index is 1.61. The molecule has 0 amide bonds. The van der Waals surface area contributed by atoms with E-state index in [9.17, 15) is 0 Å². The molecule has 1 aliphatic heterocycles. The van der Waals surface area contributed by atoms with Crippen molar-refractivity contribution in [3.63, 3.8) is 0 Å². The summed E-state index contributed by atoms with van der Waals surface area (Å²) in [6.45, 7) is 4.86. The van der Waals surface area contributed by atoms with E-state index < -0.39 is 0 Å². The van der Waals surface area contributed by atoms with Crippen molar-refractivity contribution in [2.75, 3.05) is 33.2 Å². The summed E-state index contributed by atoms with van der Waals surface area (Å²) in [5.41, 5.74) is 0. The number of rotatable bonds is 6. The van der Waals surface area contributed by atoms with Crippen LogP contribution in [0.5, 0.6) is 0 Å². The first-order valence-electron chi connectivity index (χ1n) is 6.37. The first-order chi connectivity index (χ1) is 8.24. The molecule has 0 spiro atoms. The number of thiophene rings is 1. The van der Waals surface area contributed by atoms with Crippen molar-refractivity contribution >= 4 is 27.3 Å². The van der Waals surface area contributed by atoms with Crippen LogP contribution in [0.2, 0.25) is 0 Å². The summed E-state index contributed by atoms with van der Waals surface area (Å²) in [5.74, 6) is 0.910. The van der Waals surface area contributed by atoms with Gasteiger partial charge in [-0.15, -0.1) is 11.3 Å². The van der Waals surface area contributed by atoms with Gasteiger partial charge in [0.1, 0.15) is 0 Å². The van der Waals surface area contributed by atoms with Crippen molar-refractivity contribution in [3.8, 4) is 0 Å². The van der Waals surface area contributed by atoms with Crippen LogP contribution in [-0.2, 0) is 6.42 Å². The predicted molar refractivity (Wildman–Crippen MR) is 78.8 cm³/mol. The highest BCUT2D eigenvalue weighted by Crippen LogP contribution is 2.22. The topological polar surface area (TPSA) is 15.3 Å². The molecule has 1 N–H and O–H groups in total. The highest BCUT2D eigenvalue weighted by Gasteiger charge is 2.14. The highest BCUT2D eigenvalue weighted by atomic mass is 79.9. The van der Waals surface area contributed by atoms with Crippen LogP contribution in [0.25, 0.3) is 0 Å². The third-order valence-electron chi connectivity index (χ3n) is 3.45. The molecule has 1 aromatic rings. The number of nitrogens with zero attached hydrogens (tertiary/aromatic N) is 1. The Labute approximate surface area is 117 Å². The Morgan fingerprint density at radius 1 is 1.47 bits per heavy atom. The van der Waals surface area contributed by atoms with Crippen molar-refractivity contribution in [3.05, 3.63) is 20.8 Å². The number of hydrogen-bond donors (Lipinski definition) is 1. The Morgan fingerprint density at radius 3 is 3.00 bits per heavy atom. The second-order valence-corrected chi connectivity index (χ2v) is 7.45. The summed E-state index contributed by atoms with van der Waals surface area (Å²) in [7, 11) is 2.24. The number of halogens is 1. The molecule has 1 atom stereocenters. The third-order valence-corrected chi connectivity index (χ3v) is 5.13. The van der Waals surface area contributed by atoms with Crippen molar-refractivity contribution in [1.82, 2.24) is 10.2 Å². The fourth-order valence-corrected chi connectivity index (χ4v) is 3.73. The molecule has 0 radical (unpaired) electrons. The van der Waals surface area contributed by atoms with Gasteiger partial charge in [0.05, 0.1) is 3.79 Å². The summed E-state index contributed by atoms with van der Waals surface area (Å²) in [5, 5.41) is 3.43. The average Bonchev–Trinajstić information content (AvgIpc) is 2.95. The number of nitrogens with one attached hydrogen (secondary N) is 1. The quantitative estimate of drug-likeness (QED) is 0.868. The van der Waals surface area contributed by atoms with Gasteiger partial charge in [0.2, 0.25) is 0 Å². The van der Waals surface area contributed by atoms with Crippen molar-refractivity contribution < 1.29 is 0 Å². The SMILES string of the molecule is CN(CCc1ccc(Br)s1)CCC1CCNC1. The van der Waals surface area contributed by atoms with E-state index in [1.807, 2.05) is 11.3 Å². The summed E-state index contributed by atoms with van der Waals surface area (Å²) in [6, 6.07) is 4.37. The number of likely N-dealkylation sites (N-methyl/N-ethyl adjacent to an activating group) is 1. The summed E-state index contributed by atoms with van der Waals surface area (Å²) in [4.78, 5) is 3.94. The molecule has 0 aromatic carbocycles. The summed E-state index contributed by atoms with van der Waals surface area (Å²) in [6.07, 6.45) is 3.89. The normalized spacial score (nSPS) is 20.3. The van der Waals surface area contributed by atoms with Gasteiger partial charge >= 0.3 is 0 Å². The molecule has 1 aliphatic rings. The Kier molecular flexibility index (Phi) is 5.48. The fourth-order valence-electron chi connectivity index (χ4n) is 2.26. The molecule has 4 heteroatoms. The molecule has 96 valence electrons. The molecule has 17 heavy (non-hydrogen) atoms. The minimum absolute atomic E-state index is 0.910. The standard InChI is InChI=1S/C13H21BrN2S/c1-16(8-5-11-4-7-15-10-11)9-6-12-2-3-13(14)17-12/h2-3,11,15H,4-10H2,1H3. The largest absolute Gasteiger partial charge is 0.316 e. The van der Waals surface area contributed by atoms with Gasteiger partial charge in [-0.25, -0.2) is 0 Å². The molecule has 0 bridgehead atoms. The predicted octanol–water partition coefficient (Wildman–Crippen LogP) is 2.98.